The van der Waals surface area contributed by atoms with Crippen LogP contribution in [0.3, 0.4) is 0 Å². The van der Waals surface area contributed by atoms with Gasteiger partial charge in [-0.25, -0.2) is 9.97 Å². The molecule has 9 heteroatoms. The molecule has 2 rings (SSSR count). The molecule has 0 spiro atoms. The second kappa shape index (κ2) is 8.34. The minimum Gasteiger partial charge on any atom is -0.342 e. The Labute approximate surface area is 143 Å². The quantitative estimate of drug-likeness (QED) is 0.355. The van der Waals surface area contributed by atoms with E-state index < -0.39 is 0 Å². The van der Waals surface area contributed by atoms with Gasteiger partial charge in [-0.2, -0.15) is 0 Å². The van der Waals surface area contributed by atoms with Gasteiger partial charge in [0.05, 0.1) is 11.1 Å². The van der Waals surface area contributed by atoms with Gasteiger partial charge in [0.2, 0.25) is 5.91 Å². The lowest BCUT2D eigenvalue weighted by atomic mass is 10.0. The zero-order chi connectivity index (χ0) is 17.5. The Kier molecular flexibility index (Phi) is 6.19. The van der Waals surface area contributed by atoms with Crippen molar-refractivity contribution in [3.63, 3.8) is 0 Å². The Hall–Kier alpha value is -2.55. The fourth-order valence-corrected chi connectivity index (χ4v) is 2.78. The zero-order valence-electron chi connectivity index (χ0n) is 13.3. The summed E-state index contributed by atoms with van der Waals surface area (Å²) in [6.45, 7) is 1.79. The maximum Gasteiger partial charge on any atom is 0.270 e. The summed E-state index contributed by atoms with van der Waals surface area (Å²) in [5, 5.41) is 6.11. The van der Waals surface area contributed by atoms with Gasteiger partial charge in [0.15, 0.2) is 0 Å². The normalized spacial score (nSPS) is 15.6. The maximum atomic E-state index is 12.5. The van der Waals surface area contributed by atoms with Crippen LogP contribution in [-0.4, -0.2) is 45.4 Å². The number of rotatable bonds is 5. The standard InChI is InChI=1S/C15H17N5O3S/c1-9(15(24-2)16-6-3-7-21)19-14(23)12-10-4-5-11(22)20-13(10)18-8-17-12/h3,6-9H,4-5H2,1-2H3,(H,19,23)(H,17,18,20,22)/b6-3+,16-15?. The van der Waals surface area contributed by atoms with E-state index in [-0.39, 0.29) is 23.6 Å². The summed E-state index contributed by atoms with van der Waals surface area (Å²) in [5.74, 6) is -0.107. The van der Waals surface area contributed by atoms with Crippen LogP contribution in [0.5, 0.6) is 0 Å². The van der Waals surface area contributed by atoms with E-state index in [1.54, 1.807) is 6.92 Å². The highest BCUT2D eigenvalue weighted by Crippen LogP contribution is 2.22. The lowest BCUT2D eigenvalue weighted by molar-refractivity contribution is -0.116. The fourth-order valence-electron chi connectivity index (χ4n) is 2.21. The van der Waals surface area contributed by atoms with Crippen LogP contribution >= 0.6 is 11.8 Å². The average Bonchev–Trinajstić information content (AvgIpc) is 2.57. The van der Waals surface area contributed by atoms with Crippen LogP contribution in [0.25, 0.3) is 0 Å². The molecule has 0 radical (unpaired) electrons. The molecule has 0 saturated carbocycles. The van der Waals surface area contributed by atoms with Crippen LogP contribution in [0.4, 0.5) is 5.82 Å². The molecular formula is C15H17N5O3S. The number of aldehydes is 1. The molecule has 1 aromatic rings. The van der Waals surface area contributed by atoms with E-state index in [0.29, 0.717) is 35.6 Å². The third-order valence-corrected chi connectivity index (χ3v) is 4.19. The van der Waals surface area contributed by atoms with E-state index >= 15 is 0 Å². The van der Waals surface area contributed by atoms with Crippen LogP contribution in [-0.2, 0) is 16.0 Å². The Bertz CT molecular complexity index is 717. The largest absolute Gasteiger partial charge is 0.342 e. The van der Waals surface area contributed by atoms with E-state index in [1.807, 2.05) is 6.26 Å². The highest BCUT2D eigenvalue weighted by Gasteiger charge is 2.24. The van der Waals surface area contributed by atoms with Crippen molar-refractivity contribution in [1.82, 2.24) is 15.3 Å². The van der Waals surface area contributed by atoms with Gasteiger partial charge in [-0.05, 0) is 25.7 Å². The Morgan fingerprint density at radius 2 is 2.25 bits per heavy atom. The number of hydrogen-bond acceptors (Lipinski definition) is 7. The molecule has 1 aromatic heterocycles. The number of carbonyl (C=O) groups is 3. The minimum absolute atomic E-state index is 0.125. The number of aliphatic imine (C=N–C) groups is 1. The maximum absolute atomic E-state index is 12.5. The monoisotopic (exact) mass is 347 g/mol. The number of nitrogens with one attached hydrogen (secondary N) is 2. The summed E-state index contributed by atoms with van der Waals surface area (Å²) in [4.78, 5) is 46.4. The van der Waals surface area contributed by atoms with Gasteiger partial charge in [0.25, 0.3) is 5.91 Å². The molecule has 0 fully saturated rings. The van der Waals surface area contributed by atoms with Crippen molar-refractivity contribution < 1.29 is 14.4 Å². The molecule has 0 aliphatic carbocycles. The first-order chi connectivity index (χ1) is 11.6. The molecule has 1 unspecified atom stereocenters. The van der Waals surface area contributed by atoms with Gasteiger partial charge in [0.1, 0.15) is 24.1 Å². The SMILES string of the molecule is CSC(=N/C=C/C=O)C(C)NC(=O)c1ncnc2c1CCC(=O)N2. The van der Waals surface area contributed by atoms with Crippen molar-refractivity contribution in [2.45, 2.75) is 25.8 Å². The van der Waals surface area contributed by atoms with Crippen molar-refractivity contribution in [2.24, 2.45) is 4.99 Å². The fraction of sp³-hybridized carbons (Fsp3) is 0.333. The molecule has 2 amide bonds. The first-order valence-corrected chi connectivity index (χ1v) is 8.45. The topological polar surface area (TPSA) is 113 Å². The first kappa shape index (κ1) is 17.8. The molecule has 0 aromatic carbocycles. The third kappa shape index (κ3) is 4.25. The summed E-state index contributed by atoms with van der Waals surface area (Å²) >= 11 is 1.37. The Morgan fingerprint density at radius 3 is 2.96 bits per heavy atom. The van der Waals surface area contributed by atoms with Gasteiger partial charge < -0.3 is 10.6 Å². The predicted molar refractivity (Wildman–Crippen MR) is 92.1 cm³/mol. The van der Waals surface area contributed by atoms with Crippen LogP contribution in [0.15, 0.2) is 23.6 Å². The van der Waals surface area contributed by atoms with Gasteiger partial charge in [-0.3, -0.25) is 19.4 Å². The number of carbonyl (C=O) groups excluding carboxylic acids is 3. The summed E-state index contributed by atoms with van der Waals surface area (Å²) < 4.78 is 0. The minimum atomic E-state index is -0.363. The van der Waals surface area contributed by atoms with Gasteiger partial charge in [-0.15, -0.1) is 11.8 Å². The van der Waals surface area contributed by atoms with E-state index in [9.17, 15) is 14.4 Å². The van der Waals surface area contributed by atoms with Crippen LogP contribution in [0.2, 0.25) is 0 Å². The van der Waals surface area contributed by atoms with Gasteiger partial charge in [-0.1, -0.05) is 0 Å². The Balaban J connectivity index is 2.16. The number of nitrogens with zero attached hydrogens (tertiary/aromatic N) is 3. The van der Waals surface area contributed by atoms with Crippen molar-refractivity contribution in [2.75, 3.05) is 11.6 Å². The van der Waals surface area contributed by atoms with Crippen molar-refractivity contribution in [3.05, 3.63) is 29.9 Å². The number of allylic oxidation sites excluding steroid dienone is 1. The van der Waals surface area contributed by atoms with E-state index in [0.717, 1.165) is 0 Å². The summed E-state index contributed by atoms with van der Waals surface area (Å²) in [6, 6.07) is -0.354. The molecule has 1 aliphatic heterocycles. The molecule has 1 aliphatic rings. The number of anilines is 1. The summed E-state index contributed by atoms with van der Waals surface area (Å²) in [6.07, 6.45) is 7.08. The van der Waals surface area contributed by atoms with Crippen LogP contribution in [0, 0.1) is 0 Å². The van der Waals surface area contributed by atoms with Crippen LogP contribution < -0.4 is 10.6 Å². The number of fused-ring (bicyclic) bond motifs is 1. The summed E-state index contributed by atoms with van der Waals surface area (Å²) in [7, 11) is 0. The number of aromatic nitrogens is 2. The van der Waals surface area contributed by atoms with Crippen molar-refractivity contribution in [1.29, 1.82) is 0 Å². The van der Waals surface area contributed by atoms with Crippen molar-refractivity contribution in [3.8, 4) is 0 Å². The molecule has 2 N–H and O–H groups in total. The zero-order valence-corrected chi connectivity index (χ0v) is 14.1. The molecule has 1 atom stereocenters. The highest BCUT2D eigenvalue weighted by atomic mass is 32.2. The smallest absolute Gasteiger partial charge is 0.270 e. The molecular weight excluding hydrogens is 330 g/mol. The van der Waals surface area contributed by atoms with Crippen LogP contribution in [0.1, 0.15) is 29.4 Å². The third-order valence-electron chi connectivity index (χ3n) is 3.31. The highest BCUT2D eigenvalue weighted by molar-refractivity contribution is 8.13. The van der Waals surface area contributed by atoms with E-state index in [1.165, 1.54) is 30.4 Å². The second-order valence-electron chi connectivity index (χ2n) is 4.94. The van der Waals surface area contributed by atoms with Gasteiger partial charge >= 0.3 is 0 Å². The first-order valence-electron chi connectivity index (χ1n) is 7.23. The molecule has 0 saturated heterocycles. The molecule has 126 valence electrons. The van der Waals surface area contributed by atoms with Crippen molar-refractivity contribution >= 4 is 40.7 Å². The summed E-state index contributed by atoms with van der Waals surface area (Å²) in [5.41, 5.74) is 0.876. The molecule has 0 bridgehead atoms. The predicted octanol–water partition coefficient (Wildman–Crippen LogP) is 0.954. The molecule has 2 heterocycles. The molecule has 24 heavy (non-hydrogen) atoms. The van der Waals surface area contributed by atoms with E-state index in [4.69, 9.17) is 0 Å². The lowest BCUT2D eigenvalue weighted by Gasteiger charge is -2.19. The Morgan fingerprint density at radius 1 is 1.46 bits per heavy atom. The number of thioether (sulfide) groups is 1. The second-order valence-corrected chi connectivity index (χ2v) is 5.77. The number of hydrogen-bond donors (Lipinski definition) is 2. The van der Waals surface area contributed by atoms with Gasteiger partial charge in [0, 0.05) is 18.2 Å². The average molecular weight is 347 g/mol. The number of amides is 2. The lowest BCUT2D eigenvalue weighted by Crippen LogP contribution is -2.38. The molecule has 8 nitrogen and oxygen atoms in total. The van der Waals surface area contributed by atoms with E-state index in [2.05, 4.69) is 25.6 Å².